The minimum atomic E-state index is -0.950. The van der Waals surface area contributed by atoms with Crippen molar-refractivity contribution < 1.29 is 14.6 Å². The summed E-state index contributed by atoms with van der Waals surface area (Å²) in [4.78, 5) is 15.8. The second-order valence-corrected chi connectivity index (χ2v) is 4.68. The highest BCUT2D eigenvalue weighted by Crippen LogP contribution is 2.28. The minimum Gasteiger partial charge on any atom is -0.477 e. The number of ether oxygens (including phenoxy) is 1. The van der Waals surface area contributed by atoms with Crippen LogP contribution >= 0.6 is 11.3 Å². The van der Waals surface area contributed by atoms with Crippen LogP contribution in [0.15, 0.2) is 30.3 Å². The molecular formula is C13H13NO3S. The normalized spacial score (nSPS) is 10.5. The number of nitrogens with zero attached hydrogens (tertiary/aromatic N) is 1. The van der Waals surface area contributed by atoms with Gasteiger partial charge in [0.2, 0.25) is 0 Å². The molecule has 0 atom stereocenters. The van der Waals surface area contributed by atoms with Gasteiger partial charge in [-0.05, 0) is 6.92 Å². The molecule has 0 saturated carbocycles. The molecule has 0 spiro atoms. The van der Waals surface area contributed by atoms with Gasteiger partial charge in [-0.2, -0.15) is 0 Å². The number of rotatable bonds is 5. The molecule has 1 aromatic heterocycles. The Morgan fingerprint density at radius 3 is 2.72 bits per heavy atom. The van der Waals surface area contributed by atoms with Crippen LogP contribution in [-0.4, -0.2) is 22.7 Å². The van der Waals surface area contributed by atoms with Gasteiger partial charge in [-0.3, -0.25) is 0 Å². The van der Waals surface area contributed by atoms with Crippen molar-refractivity contribution in [3.8, 4) is 11.3 Å². The molecule has 0 aliphatic heterocycles. The molecule has 0 fully saturated rings. The van der Waals surface area contributed by atoms with Gasteiger partial charge in [0.1, 0.15) is 9.88 Å². The first-order chi connectivity index (χ1) is 8.72. The molecule has 0 amide bonds. The lowest BCUT2D eigenvalue weighted by Crippen LogP contribution is -1.95. The summed E-state index contributed by atoms with van der Waals surface area (Å²) in [7, 11) is 0. The molecule has 0 saturated heterocycles. The maximum atomic E-state index is 11.2. The summed E-state index contributed by atoms with van der Waals surface area (Å²) in [6, 6.07) is 9.32. The van der Waals surface area contributed by atoms with Crippen molar-refractivity contribution in [1.82, 2.24) is 4.98 Å². The standard InChI is InChI=1S/C13H13NO3S/c1-2-17-8-10-14-11(12(18-10)13(15)16)9-6-4-3-5-7-9/h3-7H,2,8H2,1H3,(H,15,16). The van der Waals surface area contributed by atoms with Crippen LogP contribution in [-0.2, 0) is 11.3 Å². The monoisotopic (exact) mass is 263 g/mol. The van der Waals surface area contributed by atoms with E-state index in [9.17, 15) is 9.90 Å². The van der Waals surface area contributed by atoms with Crippen LogP contribution in [0.25, 0.3) is 11.3 Å². The molecule has 5 heteroatoms. The van der Waals surface area contributed by atoms with Crippen LogP contribution in [0.3, 0.4) is 0 Å². The fourth-order valence-corrected chi connectivity index (χ4v) is 2.41. The van der Waals surface area contributed by atoms with Gasteiger partial charge in [0.25, 0.3) is 0 Å². The zero-order valence-electron chi connectivity index (χ0n) is 9.92. The summed E-state index contributed by atoms with van der Waals surface area (Å²) in [5, 5.41) is 9.88. The molecule has 94 valence electrons. The quantitative estimate of drug-likeness (QED) is 0.900. The molecule has 1 aromatic carbocycles. The zero-order valence-corrected chi connectivity index (χ0v) is 10.7. The second-order valence-electron chi connectivity index (χ2n) is 3.59. The van der Waals surface area contributed by atoms with E-state index in [2.05, 4.69) is 4.98 Å². The Labute approximate surface area is 109 Å². The number of thiazole rings is 1. The number of hydrogen-bond acceptors (Lipinski definition) is 4. The van der Waals surface area contributed by atoms with Crippen LogP contribution in [0, 0.1) is 0 Å². The lowest BCUT2D eigenvalue weighted by Gasteiger charge is -1.97. The number of carboxylic acid groups (broad SMARTS) is 1. The molecule has 2 aromatic rings. The minimum absolute atomic E-state index is 0.260. The van der Waals surface area contributed by atoms with E-state index in [0.29, 0.717) is 23.9 Å². The van der Waals surface area contributed by atoms with Crippen LogP contribution < -0.4 is 0 Å². The predicted molar refractivity (Wildman–Crippen MR) is 69.8 cm³/mol. The fourth-order valence-electron chi connectivity index (χ4n) is 1.55. The topological polar surface area (TPSA) is 59.4 Å². The van der Waals surface area contributed by atoms with Gasteiger partial charge >= 0.3 is 5.97 Å². The van der Waals surface area contributed by atoms with Gasteiger partial charge in [0, 0.05) is 12.2 Å². The largest absolute Gasteiger partial charge is 0.477 e. The third kappa shape index (κ3) is 2.75. The second kappa shape index (κ2) is 5.75. The molecular weight excluding hydrogens is 250 g/mol. The van der Waals surface area contributed by atoms with Crippen LogP contribution in [0.5, 0.6) is 0 Å². The number of benzene rings is 1. The summed E-state index contributed by atoms with van der Waals surface area (Å²) in [6.45, 7) is 2.83. The molecule has 0 unspecified atom stereocenters. The van der Waals surface area contributed by atoms with E-state index in [-0.39, 0.29) is 4.88 Å². The maximum absolute atomic E-state index is 11.2. The molecule has 1 N–H and O–H groups in total. The summed E-state index contributed by atoms with van der Waals surface area (Å²) in [5.41, 5.74) is 1.33. The van der Waals surface area contributed by atoms with Crippen molar-refractivity contribution in [2.45, 2.75) is 13.5 Å². The summed E-state index contributed by atoms with van der Waals surface area (Å²) >= 11 is 1.17. The molecule has 0 aliphatic rings. The summed E-state index contributed by atoms with van der Waals surface area (Å²) in [5.74, 6) is -0.950. The van der Waals surface area contributed by atoms with Crippen LogP contribution in [0.4, 0.5) is 0 Å². The lowest BCUT2D eigenvalue weighted by atomic mass is 10.1. The Kier molecular flexibility index (Phi) is 4.07. The van der Waals surface area contributed by atoms with Gasteiger partial charge < -0.3 is 9.84 Å². The summed E-state index contributed by atoms with van der Waals surface area (Å²) in [6.07, 6.45) is 0. The SMILES string of the molecule is CCOCc1nc(-c2ccccc2)c(C(=O)O)s1. The Hall–Kier alpha value is -1.72. The van der Waals surface area contributed by atoms with Gasteiger partial charge in [0.15, 0.2) is 0 Å². The van der Waals surface area contributed by atoms with Crippen LogP contribution in [0.2, 0.25) is 0 Å². The highest BCUT2D eigenvalue weighted by atomic mass is 32.1. The van der Waals surface area contributed by atoms with E-state index in [1.54, 1.807) is 0 Å². The van der Waals surface area contributed by atoms with Gasteiger partial charge in [-0.15, -0.1) is 11.3 Å². The molecule has 0 bridgehead atoms. The third-order valence-electron chi connectivity index (χ3n) is 2.34. The van der Waals surface area contributed by atoms with Gasteiger partial charge in [0.05, 0.1) is 12.3 Å². The van der Waals surface area contributed by atoms with Crippen LogP contribution in [0.1, 0.15) is 21.6 Å². The first kappa shape index (κ1) is 12.7. The van der Waals surface area contributed by atoms with Crippen molar-refractivity contribution in [1.29, 1.82) is 0 Å². The summed E-state index contributed by atoms with van der Waals surface area (Å²) < 4.78 is 5.26. The smallest absolute Gasteiger partial charge is 0.348 e. The maximum Gasteiger partial charge on any atom is 0.348 e. The highest BCUT2D eigenvalue weighted by Gasteiger charge is 2.18. The molecule has 0 aliphatic carbocycles. The van der Waals surface area contributed by atoms with E-state index < -0.39 is 5.97 Å². The van der Waals surface area contributed by atoms with Crippen molar-refractivity contribution >= 4 is 17.3 Å². The van der Waals surface area contributed by atoms with E-state index in [0.717, 1.165) is 5.56 Å². The first-order valence-corrected chi connectivity index (χ1v) is 6.40. The van der Waals surface area contributed by atoms with E-state index >= 15 is 0 Å². The number of aromatic carboxylic acids is 1. The Morgan fingerprint density at radius 2 is 2.11 bits per heavy atom. The van der Waals surface area contributed by atoms with Gasteiger partial charge in [-0.25, -0.2) is 9.78 Å². The Balaban J connectivity index is 2.39. The van der Waals surface area contributed by atoms with Crippen molar-refractivity contribution in [3.63, 3.8) is 0 Å². The molecule has 2 rings (SSSR count). The first-order valence-electron chi connectivity index (χ1n) is 5.58. The average Bonchev–Trinajstić information content (AvgIpc) is 2.82. The number of hydrogen-bond donors (Lipinski definition) is 1. The lowest BCUT2D eigenvalue weighted by molar-refractivity contribution is 0.0702. The molecule has 0 radical (unpaired) electrons. The number of aromatic nitrogens is 1. The molecule has 18 heavy (non-hydrogen) atoms. The Bertz CT molecular complexity index is 536. The van der Waals surface area contributed by atoms with E-state index in [1.165, 1.54) is 11.3 Å². The van der Waals surface area contributed by atoms with Crippen molar-refractivity contribution in [3.05, 3.63) is 40.2 Å². The van der Waals surface area contributed by atoms with Crippen molar-refractivity contribution in [2.75, 3.05) is 6.61 Å². The highest BCUT2D eigenvalue weighted by molar-refractivity contribution is 7.14. The van der Waals surface area contributed by atoms with E-state index in [4.69, 9.17) is 4.74 Å². The van der Waals surface area contributed by atoms with E-state index in [1.807, 2.05) is 37.3 Å². The fraction of sp³-hybridized carbons (Fsp3) is 0.231. The average molecular weight is 263 g/mol. The van der Waals surface area contributed by atoms with Crippen molar-refractivity contribution in [2.24, 2.45) is 0 Å². The third-order valence-corrected chi connectivity index (χ3v) is 3.36. The Morgan fingerprint density at radius 1 is 1.39 bits per heavy atom. The zero-order chi connectivity index (χ0) is 13.0. The molecule has 1 heterocycles. The number of carboxylic acids is 1. The predicted octanol–water partition coefficient (Wildman–Crippen LogP) is 3.04. The number of carbonyl (C=O) groups is 1. The van der Waals surface area contributed by atoms with Gasteiger partial charge in [-0.1, -0.05) is 30.3 Å². The molecule has 4 nitrogen and oxygen atoms in total.